The van der Waals surface area contributed by atoms with Crippen LogP contribution >= 0.6 is 0 Å². The van der Waals surface area contributed by atoms with Gasteiger partial charge in [0.2, 0.25) is 0 Å². The molecule has 0 aromatic rings. The van der Waals surface area contributed by atoms with Gasteiger partial charge in [-0.05, 0) is 18.6 Å². The normalized spacial score (nSPS) is 17.9. The molecule has 0 aromatic heterocycles. The Morgan fingerprint density at radius 1 is 1.38 bits per heavy atom. The van der Waals surface area contributed by atoms with Crippen LogP contribution in [0.15, 0.2) is 36.2 Å². The fourth-order valence-electron chi connectivity index (χ4n) is 0.553. The minimum atomic E-state index is -0.144. The zero-order valence-corrected chi connectivity index (χ0v) is 4.47. The summed E-state index contributed by atoms with van der Waals surface area (Å²) in [7, 11) is 0. The van der Waals surface area contributed by atoms with Crippen LogP contribution in [0, 0.1) is 0 Å². The van der Waals surface area contributed by atoms with Crippen molar-refractivity contribution in [1.29, 1.82) is 0 Å². The molecule has 0 heterocycles. The van der Waals surface area contributed by atoms with Crippen molar-refractivity contribution in [3.05, 3.63) is 36.2 Å². The van der Waals surface area contributed by atoms with Gasteiger partial charge in [0.15, 0.2) is 0 Å². The van der Waals surface area contributed by atoms with E-state index in [0.717, 1.165) is 0 Å². The van der Waals surface area contributed by atoms with Gasteiger partial charge in [0.05, 0.1) is 0 Å². The number of hydrogen-bond acceptors (Lipinski definition) is 0. The molecule has 0 saturated heterocycles. The first-order chi connectivity index (χ1) is 3.89. The molecule has 0 aromatic carbocycles. The Bertz CT molecular complexity index is 149. The van der Waals surface area contributed by atoms with Crippen LogP contribution < -0.4 is 0 Å². The fraction of sp³-hybridized carbons (Fsp3) is 0.143. The Morgan fingerprint density at radius 2 is 2.25 bits per heavy atom. The molecular formula is C7H7F. The first-order valence-electron chi connectivity index (χ1n) is 2.58. The molecule has 0 spiro atoms. The van der Waals surface area contributed by atoms with E-state index in [1.165, 1.54) is 6.08 Å². The zero-order chi connectivity index (χ0) is 5.82. The molecule has 0 nitrogen and oxygen atoms in total. The van der Waals surface area contributed by atoms with Crippen LogP contribution in [-0.2, 0) is 0 Å². The lowest BCUT2D eigenvalue weighted by molar-refractivity contribution is 0.663. The summed E-state index contributed by atoms with van der Waals surface area (Å²) in [6, 6.07) is 0. The van der Waals surface area contributed by atoms with Gasteiger partial charge in [-0.2, -0.15) is 0 Å². The van der Waals surface area contributed by atoms with Crippen LogP contribution in [0.2, 0.25) is 0 Å². The minimum absolute atomic E-state index is 0.144. The summed E-state index contributed by atoms with van der Waals surface area (Å²) in [5, 5.41) is 0. The number of allylic oxidation sites excluding steroid dienone is 6. The van der Waals surface area contributed by atoms with E-state index in [1.54, 1.807) is 12.2 Å². The second-order valence-corrected chi connectivity index (χ2v) is 1.61. The number of rotatable bonds is 0. The van der Waals surface area contributed by atoms with Crippen molar-refractivity contribution < 1.29 is 4.39 Å². The topological polar surface area (TPSA) is 0 Å². The Kier molecular flexibility index (Phi) is 1.62. The van der Waals surface area contributed by atoms with Gasteiger partial charge in [-0.25, -0.2) is 4.39 Å². The molecule has 0 amide bonds. The largest absolute Gasteiger partial charge is 0.207 e. The van der Waals surface area contributed by atoms with Crippen LogP contribution in [0.3, 0.4) is 0 Å². The first-order valence-corrected chi connectivity index (χ1v) is 2.58. The van der Waals surface area contributed by atoms with E-state index in [-0.39, 0.29) is 5.83 Å². The molecule has 0 fully saturated rings. The van der Waals surface area contributed by atoms with E-state index >= 15 is 0 Å². The highest BCUT2D eigenvalue weighted by Crippen LogP contribution is 2.04. The second-order valence-electron chi connectivity index (χ2n) is 1.61. The van der Waals surface area contributed by atoms with E-state index in [0.29, 0.717) is 6.42 Å². The summed E-state index contributed by atoms with van der Waals surface area (Å²) >= 11 is 0. The van der Waals surface area contributed by atoms with Gasteiger partial charge in [0, 0.05) is 0 Å². The Labute approximate surface area is 48.0 Å². The molecule has 0 radical (unpaired) electrons. The lowest BCUT2D eigenvalue weighted by Gasteiger charge is -1.77. The predicted molar refractivity (Wildman–Crippen MR) is 32.1 cm³/mol. The van der Waals surface area contributed by atoms with Crippen molar-refractivity contribution in [3.8, 4) is 0 Å². The van der Waals surface area contributed by atoms with Gasteiger partial charge in [0.25, 0.3) is 0 Å². The highest BCUT2D eigenvalue weighted by molar-refractivity contribution is 5.20. The van der Waals surface area contributed by atoms with E-state index in [4.69, 9.17) is 0 Å². The zero-order valence-electron chi connectivity index (χ0n) is 4.47. The van der Waals surface area contributed by atoms with Gasteiger partial charge >= 0.3 is 0 Å². The maximum Gasteiger partial charge on any atom is 0.119 e. The van der Waals surface area contributed by atoms with Crippen LogP contribution in [0.25, 0.3) is 0 Å². The van der Waals surface area contributed by atoms with E-state index < -0.39 is 0 Å². The summed E-state index contributed by atoms with van der Waals surface area (Å²) in [4.78, 5) is 0. The number of hydrogen-bond donors (Lipinski definition) is 0. The lowest BCUT2D eigenvalue weighted by atomic mass is 10.4. The molecule has 1 rings (SSSR count). The van der Waals surface area contributed by atoms with Crippen molar-refractivity contribution in [2.24, 2.45) is 0 Å². The molecule has 1 heteroatoms. The molecule has 0 N–H and O–H groups in total. The average Bonchev–Trinajstić information content (AvgIpc) is 1.94. The SMILES string of the molecule is FC1=CCC=CC=C1. The quantitative estimate of drug-likeness (QED) is 0.449. The van der Waals surface area contributed by atoms with E-state index in [1.807, 2.05) is 12.2 Å². The summed E-state index contributed by atoms with van der Waals surface area (Å²) in [6.07, 6.45) is 9.13. The van der Waals surface area contributed by atoms with Gasteiger partial charge in [-0.3, -0.25) is 0 Å². The first kappa shape index (κ1) is 5.29. The summed E-state index contributed by atoms with van der Waals surface area (Å²) < 4.78 is 12.2. The molecule has 0 aliphatic heterocycles. The Morgan fingerprint density at radius 3 is 3.12 bits per heavy atom. The summed E-state index contributed by atoms with van der Waals surface area (Å²) in [5.41, 5.74) is 0. The third-order valence-corrected chi connectivity index (χ3v) is 0.952. The van der Waals surface area contributed by atoms with Crippen LogP contribution in [-0.4, -0.2) is 0 Å². The summed E-state index contributed by atoms with van der Waals surface area (Å²) in [5.74, 6) is -0.144. The standard InChI is InChI=1S/C7H7F/c8-7-5-3-1-2-4-6-7/h1-3,5-6H,4H2. The highest BCUT2D eigenvalue weighted by Gasteiger charge is 1.85. The van der Waals surface area contributed by atoms with Crippen LogP contribution in [0.4, 0.5) is 4.39 Å². The van der Waals surface area contributed by atoms with E-state index in [9.17, 15) is 4.39 Å². The lowest BCUT2D eigenvalue weighted by Crippen LogP contribution is -1.59. The smallest absolute Gasteiger partial charge is 0.119 e. The Balaban J connectivity index is 2.69. The maximum absolute atomic E-state index is 12.2. The molecule has 0 saturated carbocycles. The van der Waals surface area contributed by atoms with Crippen LogP contribution in [0.5, 0.6) is 0 Å². The Hall–Kier alpha value is -0.850. The van der Waals surface area contributed by atoms with Gasteiger partial charge < -0.3 is 0 Å². The predicted octanol–water partition coefficient (Wildman–Crippen LogP) is 2.36. The average molecular weight is 110 g/mol. The van der Waals surface area contributed by atoms with Crippen LogP contribution in [0.1, 0.15) is 6.42 Å². The molecule has 1 aliphatic rings. The van der Waals surface area contributed by atoms with E-state index in [2.05, 4.69) is 0 Å². The fourth-order valence-corrected chi connectivity index (χ4v) is 0.553. The maximum atomic E-state index is 12.2. The monoisotopic (exact) mass is 110 g/mol. The van der Waals surface area contributed by atoms with Gasteiger partial charge in [0.1, 0.15) is 5.83 Å². The molecular weight excluding hydrogens is 103 g/mol. The van der Waals surface area contributed by atoms with Crippen molar-refractivity contribution in [2.45, 2.75) is 6.42 Å². The molecule has 0 atom stereocenters. The van der Waals surface area contributed by atoms with Gasteiger partial charge in [-0.1, -0.05) is 18.2 Å². The van der Waals surface area contributed by atoms with Crippen molar-refractivity contribution in [3.63, 3.8) is 0 Å². The third-order valence-electron chi connectivity index (χ3n) is 0.952. The molecule has 0 unspecified atom stereocenters. The third kappa shape index (κ3) is 1.34. The highest BCUT2D eigenvalue weighted by atomic mass is 19.1. The second kappa shape index (κ2) is 2.46. The molecule has 1 aliphatic carbocycles. The molecule has 42 valence electrons. The number of halogens is 1. The van der Waals surface area contributed by atoms with Crippen molar-refractivity contribution in [1.82, 2.24) is 0 Å². The minimum Gasteiger partial charge on any atom is -0.207 e. The molecule has 0 bridgehead atoms. The molecule has 8 heavy (non-hydrogen) atoms. The van der Waals surface area contributed by atoms with Crippen molar-refractivity contribution >= 4 is 0 Å². The summed E-state index contributed by atoms with van der Waals surface area (Å²) in [6.45, 7) is 0. The van der Waals surface area contributed by atoms with Crippen molar-refractivity contribution in [2.75, 3.05) is 0 Å². The van der Waals surface area contributed by atoms with Gasteiger partial charge in [-0.15, -0.1) is 0 Å².